The van der Waals surface area contributed by atoms with Crippen molar-refractivity contribution in [2.75, 3.05) is 25.4 Å². The van der Waals surface area contributed by atoms with E-state index in [1.807, 2.05) is 18.2 Å². The van der Waals surface area contributed by atoms with Crippen molar-refractivity contribution >= 4 is 26.7 Å². The lowest BCUT2D eigenvalue weighted by Gasteiger charge is -2.39. The van der Waals surface area contributed by atoms with Crippen molar-refractivity contribution in [3.05, 3.63) is 59.7 Å². The number of anilines is 1. The van der Waals surface area contributed by atoms with E-state index in [0.717, 1.165) is 48.1 Å². The largest absolute Gasteiger partial charge is 0.395 e. The van der Waals surface area contributed by atoms with Gasteiger partial charge < -0.3 is 15.9 Å². The van der Waals surface area contributed by atoms with Gasteiger partial charge in [-0.05, 0) is 61.5 Å². The standard InChI is InChI=1S/C22H27N3O2S/c23-22-24-18-7-6-17(13-20(18)28-22)21(27)19(14-26)25-10-8-16(9-11-25)12-15-4-2-1-3-5-15/h1-7,13,16,19,21,26-27H,8-12,14H2,(H2,23,24). The van der Waals surface area contributed by atoms with E-state index in [1.165, 1.54) is 16.9 Å². The van der Waals surface area contributed by atoms with E-state index >= 15 is 0 Å². The predicted molar refractivity (Wildman–Crippen MR) is 114 cm³/mol. The van der Waals surface area contributed by atoms with E-state index < -0.39 is 6.10 Å². The molecule has 2 atom stereocenters. The molecule has 6 heteroatoms. The minimum absolute atomic E-state index is 0.0621. The second kappa shape index (κ2) is 8.57. The van der Waals surface area contributed by atoms with Gasteiger partial charge in [-0.3, -0.25) is 4.90 Å². The predicted octanol–water partition coefficient (Wildman–Crippen LogP) is 3.23. The quantitative estimate of drug-likeness (QED) is 0.595. The number of fused-ring (bicyclic) bond motifs is 1. The maximum atomic E-state index is 11.0. The van der Waals surface area contributed by atoms with Crippen LogP contribution in [0.5, 0.6) is 0 Å². The van der Waals surface area contributed by atoms with E-state index in [4.69, 9.17) is 5.73 Å². The van der Waals surface area contributed by atoms with Gasteiger partial charge in [0.15, 0.2) is 5.13 Å². The van der Waals surface area contributed by atoms with Crippen LogP contribution >= 0.6 is 11.3 Å². The van der Waals surface area contributed by atoms with Gasteiger partial charge in [0.2, 0.25) is 0 Å². The molecule has 4 rings (SSSR count). The molecular weight excluding hydrogens is 370 g/mol. The summed E-state index contributed by atoms with van der Waals surface area (Å²) in [5.74, 6) is 0.659. The molecule has 1 aliphatic heterocycles. The number of thiazole rings is 1. The lowest BCUT2D eigenvalue weighted by molar-refractivity contribution is -0.00118. The monoisotopic (exact) mass is 397 g/mol. The molecule has 0 saturated carbocycles. The minimum atomic E-state index is -0.733. The topological polar surface area (TPSA) is 82.6 Å². The highest BCUT2D eigenvalue weighted by Crippen LogP contribution is 2.31. The summed E-state index contributed by atoms with van der Waals surface area (Å²) in [6.45, 7) is 1.73. The number of aromatic nitrogens is 1. The van der Waals surface area contributed by atoms with Crippen LogP contribution in [0.3, 0.4) is 0 Å². The number of aliphatic hydroxyl groups is 2. The Balaban J connectivity index is 1.40. The second-order valence-electron chi connectivity index (χ2n) is 7.64. The lowest BCUT2D eigenvalue weighted by Crippen LogP contribution is -2.46. The van der Waals surface area contributed by atoms with Gasteiger partial charge in [0, 0.05) is 0 Å². The molecule has 1 aliphatic rings. The molecule has 0 aliphatic carbocycles. The van der Waals surface area contributed by atoms with Gasteiger partial charge in [-0.1, -0.05) is 47.7 Å². The van der Waals surface area contributed by atoms with E-state index in [9.17, 15) is 10.2 Å². The molecule has 2 aromatic carbocycles. The van der Waals surface area contributed by atoms with Crippen LogP contribution in [0, 0.1) is 5.92 Å². The van der Waals surface area contributed by atoms with Crippen LogP contribution in [0.2, 0.25) is 0 Å². The first-order valence-corrected chi connectivity index (χ1v) is 10.7. The fourth-order valence-corrected chi connectivity index (χ4v) is 5.00. The summed E-state index contributed by atoms with van der Waals surface area (Å²) in [5.41, 5.74) is 8.83. The zero-order valence-electron chi connectivity index (χ0n) is 15.9. The normalized spacial score (nSPS) is 18.4. The molecule has 5 nitrogen and oxygen atoms in total. The molecular formula is C22H27N3O2S. The maximum absolute atomic E-state index is 11.0. The van der Waals surface area contributed by atoms with Crippen molar-refractivity contribution in [2.45, 2.75) is 31.4 Å². The highest BCUT2D eigenvalue weighted by atomic mass is 32.1. The number of hydrogen-bond acceptors (Lipinski definition) is 6. The summed E-state index contributed by atoms with van der Waals surface area (Å²) in [4.78, 5) is 6.50. The summed E-state index contributed by atoms with van der Waals surface area (Å²) in [6, 6.07) is 16.0. The summed E-state index contributed by atoms with van der Waals surface area (Å²) >= 11 is 1.42. The Morgan fingerprint density at radius 3 is 2.61 bits per heavy atom. The molecule has 1 saturated heterocycles. The Morgan fingerprint density at radius 2 is 1.89 bits per heavy atom. The molecule has 0 spiro atoms. The van der Waals surface area contributed by atoms with Gasteiger partial charge in [0.1, 0.15) is 0 Å². The molecule has 28 heavy (non-hydrogen) atoms. The Hall–Kier alpha value is -1.99. The maximum Gasteiger partial charge on any atom is 0.181 e. The van der Waals surface area contributed by atoms with Gasteiger partial charge in [-0.15, -0.1) is 0 Å². The number of rotatable bonds is 6. The number of nitrogens with two attached hydrogens (primary N) is 1. The van der Waals surface area contributed by atoms with Crippen molar-refractivity contribution in [3.63, 3.8) is 0 Å². The Kier molecular flexibility index (Phi) is 5.92. The third kappa shape index (κ3) is 4.20. The average Bonchev–Trinajstić information content (AvgIpc) is 3.09. The molecule has 0 bridgehead atoms. The van der Waals surface area contributed by atoms with Crippen LogP contribution < -0.4 is 5.73 Å². The summed E-state index contributed by atoms with van der Waals surface area (Å²) < 4.78 is 0.965. The van der Waals surface area contributed by atoms with Crippen LogP contribution in [0.1, 0.15) is 30.1 Å². The Labute approximate surface area is 169 Å². The van der Waals surface area contributed by atoms with Crippen LogP contribution in [0.4, 0.5) is 5.13 Å². The number of hydrogen-bond donors (Lipinski definition) is 3. The first-order chi connectivity index (χ1) is 13.6. The third-order valence-corrected chi connectivity index (χ3v) is 6.65. The van der Waals surface area contributed by atoms with Gasteiger partial charge in [0.25, 0.3) is 0 Å². The number of piperidine rings is 1. The van der Waals surface area contributed by atoms with Gasteiger partial charge in [0.05, 0.1) is 29.0 Å². The van der Waals surface area contributed by atoms with Gasteiger partial charge in [-0.25, -0.2) is 4.98 Å². The van der Waals surface area contributed by atoms with Crippen LogP contribution in [0.25, 0.3) is 10.2 Å². The average molecular weight is 398 g/mol. The van der Waals surface area contributed by atoms with E-state index in [2.05, 4.69) is 40.2 Å². The first kappa shape index (κ1) is 19.3. The summed E-state index contributed by atoms with van der Waals surface area (Å²) in [7, 11) is 0. The van der Waals surface area contributed by atoms with E-state index in [1.54, 1.807) is 0 Å². The molecule has 1 aromatic heterocycles. The Morgan fingerprint density at radius 1 is 1.14 bits per heavy atom. The first-order valence-electron chi connectivity index (χ1n) is 9.87. The summed E-state index contributed by atoms with van der Waals surface area (Å²) in [6.07, 6.45) is 2.54. The highest BCUT2D eigenvalue weighted by Gasteiger charge is 2.30. The van der Waals surface area contributed by atoms with Gasteiger partial charge in [-0.2, -0.15) is 0 Å². The highest BCUT2D eigenvalue weighted by molar-refractivity contribution is 7.22. The second-order valence-corrected chi connectivity index (χ2v) is 8.71. The van der Waals surface area contributed by atoms with Gasteiger partial charge >= 0.3 is 0 Å². The number of nitrogens with zero attached hydrogens (tertiary/aromatic N) is 2. The van der Waals surface area contributed by atoms with Crippen molar-refractivity contribution in [3.8, 4) is 0 Å². The summed E-state index contributed by atoms with van der Waals surface area (Å²) in [5, 5.41) is 21.5. The molecule has 2 heterocycles. The molecule has 3 aromatic rings. The smallest absolute Gasteiger partial charge is 0.181 e. The molecule has 0 radical (unpaired) electrons. The van der Waals surface area contributed by atoms with Crippen molar-refractivity contribution in [2.24, 2.45) is 5.92 Å². The van der Waals surface area contributed by atoms with Crippen LogP contribution in [-0.4, -0.2) is 45.8 Å². The minimum Gasteiger partial charge on any atom is -0.395 e. The number of aliphatic hydroxyl groups excluding tert-OH is 2. The molecule has 1 fully saturated rings. The number of benzene rings is 2. The zero-order valence-corrected chi connectivity index (χ0v) is 16.7. The molecule has 4 N–H and O–H groups in total. The molecule has 148 valence electrons. The third-order valence-electron chi connectivity index (χ3n) is 5.81. The van der Waals surface area contributed by atoms with E-state index in [-0.39, 0.29) is 12.6 Å². The van der Waals surface area contributed by atoms with Crippen LogP contribution in [0.15, 0.2) is 48.5 Å². The number of likely N-dealkylation sites (tertiary alicyclic amines) is 1. The fraction of sp³-hybridized carbons (Fsp3) is 0.409. The lowest BCUT2D eigenvalue weighted by atomic mass is 9.88. The van der Waals surface area contributed by atoms with Crippen molar-refractivity contribution < 1.29 is 10.2 Å². The molecule has 2 unspecified atom stereocenters. The SMILES string of the molecule is Nc1nc2ccc(C(O)C(CO)N3CCC(Cc4ccccc4)CC3)cc2s1. The van der Waals surface area contributed by atoms with Crippen molar-refractivity contribution in [1.29, 1.82) is 0 Å². The molecule has 0 amide bonds. The van der Waals surface area contributed by atoms with Crippen molar-refractivity contribution in [1.82, 2.24) is 9.88 Å². The number of nitrogen functional groups attached to an aromatic ring is 1. The van der Waals surface area contributed by atoms with Crippen LogP contribution in [-0.2, 0) is 6.42 Å². The fourth-order valence-electron chi connectivity index (χ4n) is 4.22. The zero-order chi connectivity index (χ0) is 19.5. The van der Waals surface area contributed by atoms with E-state index in [0.29, 0.717) is 11.0 Å². The Bertz CT molecular complexity index is 907.